The van der Waals surface area contributed by atoms with E-state index in [1.165, 1.54) is 0 Å². The predicted molar refractivity (Wildman–Crippen MR) is 84.3 cm³/mol. The van der Waals surface area contributed by atoms with Crippen molar-refractivity contribution >= 4 is 5.91 Å². The van der Waals surface area contributed by atoms with Crippen molar-refractivity contribution in [1.29, 1.82) is 0 Å². The molecule has 0 bridgehead atoms. The van der Waals surface area contributed by atoms with E-state index in [1.807, 2.05) is 36.2 Å². The molecule has 1 heterocycles. The molecule has 2 rings (SSSR count). The molecule has 1 saturated heterocycles. The van der Waals surface area contributed by atoms with E-state index < -0.39 is 0 Å². The number of para-hydroxylation sites is 1. The Morgan fingerprint density at radius 3 is 2.81 bits per heavy atom. The second kappa shape index (κ2) is 6.94. The van der Waals surface area contributed by atoms with Gasteiger partial charge >= 0.3 is 0 Å². The van der Waals surface area contributed by atoms with Gasteiger partial charge in [-0.25, -0.2) is 0 Å². The first-order valence-corrected chi connectivity index (χ1v) is 7.71. The number of ether oxygens (including phenoxy) is 1. The van der Waals surface area contributed by atoms with Gasteiger partial charge in [0.1, 0.15) is 5.75 Å². The van der Waals surface area contributed by atoms with Crippen LogP contribution >= 0.6 is 0 Å². The second-order valence-corrected chi connectivity index (χ2v) is 5.93. The molecule has 0 aromatic heterocycles. The van der Waals surface area contributed by atoms with Gasteiger partial charge < -0.3 is 15.0 Å². The molecule has 1 atom stereocenters. The third-order valence-corrected chi connectivity index (χ3v) is 4.37. The van der Waals surface area contributed by atoms with Gasteiger partial charge in [0.05, 0.1) is 12.5 Å². The van der Waals surface area contributed by atoms with Crippen molar-refractivity contribution in [2.24, 2.45) is 5.41 Å². The van der Waals surface area contributed by atoms with Gasteiger partial charge in [-0.3, -0.25) is 4.79 Å². The summed E-state index contributed by atoms with van der Waals surface area (Å²) in [7, 11) is 3.56. The lowest BCUT2D eigenvalue weighted by molar-refractivity contribution is -0.140. The van der Waals surface area contributed by atoms with Crippen LogP contribution in [0.4, 0.5) is 0 Å². The van der Waals surface area contributed by atoms with Gasteiger partial charge in [0.2, 0.25) is 5.91 Å². The molecule has 0 saturated carbocycles. The molecule has 1 fully saturated rings. The van der Waals surface area contributed by atoms with Crippen molar-refractivity contribution in [2.45, 2.75) is 32.7 Å². The summed E-state index contributed by atoms with van der Waals surface area (Å²) in [6.45, 7) is 4.48. The molecule has 1 N–H and O–H groups in total. The first-order valence-electron chi connectivity index (χ1n) is 7.71. The Kier molecular flexibility index (Phi) is 5.23. The molecule has 1 aromatic rings. The molecular formula is C17H26N2O2. The standard InChI is InChI=1S/C17H26N2O2/c1-4-9-17(10-11-18-13-17)16(20)19(2)12-14-7-5-6-8-15(14)21-3/h5-8,18H,4,9-13H2,1-3H3. The Morgan fingerprint density at radius 2 is 2.19 bits per heavy atom. The van der Waals surface area contributed by atoms with Crippen LogP contribution in [0, 0.1) is 5.41 Å². The zero-order chi connectivity index (χ0) is 15.3. The van der Waals surface area contributed by atoms with E-state index >= 15 is 0 Å². The van der Waals surface area contributed by atoms with E-state index in [0.29, 0.717) is 6.54 Å². The van der Waals surface area contributed by atoms with Gasteiger partial charge in [0.25, 0.3) is 0 Å². The Hall–Kier alpha value is -1.55. The number of hydrogen-bond acceptors (Lipinski definition) is 3. The van der Waals surface area contributed by atoms with Gasteiger partial charge in [-0.1, -0.05) is 31.5 Å². The van der Waals surface area contributed by atoms with Crippen molar-refractivity contribution in [1.82, 2.24) is 10.2 Å². The summed E-state index contributed by atoms with van der Waals surface area (Å²) >= 11 is 0. The number of carbonyl (C=O) groups excluding carboxylic acids is 1. The van der Waals surface area contributed by atoms with Crippen LogP contribution in [0.25, 0.3) is 0 Å². The number of nitrogens with one attached hydrogen (secondary N) is 1. The van der Waals surface area contributed by atoms with Crippen molar-refractivity contribution in [2.75, 3.05) is 27.2 Å². The fraction of sp³-hybridized carbons (Fsp3) is 0.588. The number of benzene rings is 1. The van der Waals surface area contributed by atoms with Crippen LogP contribution in [0.15, 0.2) is 24.3 Å². The normalized spacial score (nSPS) is 21.3. The smallest absolute Gasteiger partial charge is 0.230 e. The van der Waals surface area contributed by atoms with Gasteiger partial charge in [-0.15, -0.1) is 0 Å². The maximum Gasteiger partial charge on any atom is 0.230 e. The van der Waals surface area contributed by atoms with Crippen molar-refractivity contribution in [3.05, 3.63) is 29.8 Å². The molecule has 21 heavy (non-hydrogen) atoms. The fourth-order valence-corrected chi connectivity index (χ4v) is 3.29. The van der Waals surface area contributed by atoms with Crippen LogP contribution in [-0.4, -0.2) is 38.1 Å². The number of carbonyl (C=O) groups is 1. The topological polar surface area (TPSA) is 41.6 Å². The number of methoxy groups -OCH3 is 1. The van der Waals surface area contributed by atoms with E-state index in [9.17, 15) is 4.79 Å². The van der Waals surface area contributed by atoms with Crippen molar-refractivity contribution in [3.63, 3.8) is 0 Å². The van der Waals surface area contributed by atoms with Crippen LogP contribution in [0.1, 0.15) is 31.7 Å². The van der Waals surface area contributed by atoms with Gasteiger partial charge in [0, 0.05) is 25.7 Å². The highest BCUT2D eigenvalue weighted by Crippen LogP contribution is 2.33. The maximum absolute atomic E-state index is 12.9. The summed E-state index contributed by atoms with van der Waals surface area (Å²) in [6, 6.07) is 7.88. The highest BCUT2D eigenvalue weighted by atomic mass is 16.5. The number of amides is 1. The molecule has 1 amide bonds. The second-order valence-electron chi connectivity index (χ2n) is 5.93. The molecule has 0 aliphatic carbocycles. The van der Waals surface area contributed by atoms with Crippen molar-refractivity contribution in [3.8, 4) is 5.75 Å². The molecule has 1 aliphatic rings. The van der Waals surface area contributed by atoms with Crippen LogP contribution in [-0.2, 0) is 11.3 Å². The van der Waals surface area contributed by atoms with Crippen LogP contribution in [0.3, 0.4) is 0 Å². The summed E-state index contributed by atoms with van der Waals surface area (Å²) in [5.74, 6) is 1.09. The van der Waals surface area contributed by atoms with E-state index in [0.717, 1.165) is 43.7 Å². The summed E-state index contributed by atoms with van der Waals surface area (Å²) < 4.78 is 5.37. The highest BCUT2D eigenvalue weighted by molar-refractivity contribution is 5.83. The third-order valence-electron chi connectivity index (χ3n) is 4.37. The van der Waals surface area contributed by atoms with Crippen LogP contribution < -0.4 is 10.1 Å². The number of nitrogens with zero attached hydrogens (tertiary/aromatic N) is 1. The lowest BCUT2D eigenvalue weighted by atomic mass is 9.81. The largest absolute Gasteiger partial charge is 0.496 e. The van der Waals surface area contributed by atoms with E-state index in [1.54, 1.807) is 7.11 Å². The summed E-state index contributed by atoms with van der Waals surface area (Å²) in [5, 5.41) is 3.35. The van der Waals surface area contributed by atoms with E-state index in [2.05, 4.69) is 12.2 Å². The Bertz CT molecular complexity index is 481. The Morgan fingerprint density at radius 1 is 1.43 bits per heavy atom. The molecule has 1 unspecified atom stereocenters. The minimum Gasteiger partial charge on any atom is -0.496 e. The van der Waals surface area contributed by atoms with E-state index in [4.69, 9.17) is 4.74 Å². The number of rotatable bonds is 6. The monoisotopic (exact) mass is 290 g/mol. The van der Waals surface area contributed by atoms with Gasteiger partial charge in [-0.05, 0) is 25.5 Å². The van der Waals surface area contributed by atoms with Gasteiger partial charge in [0.15, 0.2) is 0 Å². The van der Waals surface area contributed by atoms with Crippen LogP contribution in [0.2, 0.25) is 0 Å². The van der Waals surface area contributed by atoms with Crippen LogP contribution in [0.5, 0.6) is 5.75 Å². The Balaban J connectivity index is 2.11. The predicted octanol–water partition coefficient (Wildman–Crippen LogP) is 2.43. The summed E-state index contributed by atoms with van der Waals surface area (Å²) in [6.07, 6.45) is 2.93. The molecule has 116 valence electrons. The fourth-order valence-electron chi connectivity index (χ4n) is 3.29. The molecule has 0 spiro atoms. The minimum absolute atomic E-state index is 0.217. The first-order chi connectivity index (χ1) is 10.1. The molecule has 4 nitrogen and oxygen atoms in total. The minimum atomic E-state index is -0.217. The number of hydrogen-bond donors (Lipinski definition) is 1. The first kappa shape index (κ1) is 15.8. The zero-order valence-corrected chi connectivity index (χ0v) is 13.3. The molecular weight excluding hydrogens is 264 g/mol. The Labute approximate surface area is 127 Å². The molecule has 4 heteroatoms. The van der Waals surface area contributed by atoms with Crippen molar-refractivity contribution < 1.29 is 9.53 Å². The third kappa shape index (κ3) is 3.38. The highest BCUT2D eigenvalue weighted by Gasteiger charge is 2.41. The SMILES string of the molecule is CCCC1(C(=O)N(C)Cc2ccccc2OC)CCNC1. The van der Waals surface area contributed by atoms with E-state index in [-0.39, 0.29) is 11.3 Å². The summed E-state index contributed by atoms with van der Waals surface area (Å²) in [4.78, 5) is 14.8. The zero-order valence-electron chi connectivity index (χ0n) is 13.3. The average molecular weight is 290 g/mol. The molecule has 0 radical (unpaired) electrons. The van der Waals surface area contributed by atoms with Gasteiger partial charge in [-0.2, -0.15) is 0 Å². The molecule has 1 aromatic carbocycles. The molecule has 1 aliphatic heterocycles. The average Bonchev–Trinajstić information content (AvgIpc) is 2.97. The lowest BCUT2D eigenvalue weighted by Gasteiger charge is -2.32. The quantitative estimate of drug-likeness (QED) is 0.875. The summed E-state index contributed by atoms with van der Waals surface area (Å²) in [5.41, 5.74) is 0.833. The lowest BCUT2D eigenvalue weighted by Crippen LogP contribution is -2.43. The maximum atomic E-state index is 12.9.